The normalized spacial score (nSPS) is 41.7. The molecule has 14 fully saturated rings. The SMILES string of the molecule is C=C(C)C(=O)OC1C2CCC3C(C2)C(=O)OC31.C=C(C)C(=O)OC1CC2CC1CC21COC(=O)C1.C=C(C)C(=O)OC1CC2CCC1C1COC(=O)C21.C=C(C)C(=O)OC1CC2OC1C1COC(=O)C21. The zero-order valence-electron chi connectivity index (χ0n) is 40.6. The first-order valence-electron chi connectivity index (χ1n) is 25.0. The van der Waals surface area contributed by atoms with Gasteiger partial charge in [-0.1, -0.05) is 26.3 Å². The van der Waals surface area contributed by atoms with Crippen LogP contribution in [0.4, 0.5) is 0 Å². The molecule has 70 heavy (non-hydrogen) atoms. The highest BCUT2D eigenvalue weighted by Gasteiger charge is 2.63. The molecule has 6 aliphatic heterocycles. The molecule has 0 aromatic heterocycles. The van der Waals surface area contributed by atoms with Crippen molar-refractivity contribution in [3.8, 4) is 0 Å². The van der Waals surface area contributed by atoms with Crippen molar-refractivity contribution in [3.63, 3.8) is 0 Å². The van der Waals surface area contributed by atoms with E-state index in [9.17, 15) is 38.4 Å². The van der Waals surface area contributed by atoms with E-state index in [2.05, 4.69) is 26.3 Å². The van der Waals surface area contributed by atoms with Crippen LogP contribution in [0.25, 0.3) is 0 Å². The lowest BCUT2D eigenvalue weighted by Gasteiger charge is -2.47. The number of esters is 8. The molecule has 0 aromatic rings. The number of fused-ring (bicyclic) bond motifs is 11. The number of rotatable bonds is 8. The van der Waals surface area contributed by atoms with Gasteiger partial charge in [-0.25, -0.2) is 19.2 Å². The molecule has 19 unspecified atom stereocenters. The van der Waals surface area contributed by atoms with Gasteiger partial charge in [0.25, 0.3) is 0 Å². The van der Waals surface area contributed by atoms with Crippen molar-refractivity contribution in [2.45, 2.75) is 141 Å². The summed E-state index contributed by atoms with van der Waals surface area (Å²) in [5.74, 6) is 0.532. The average molecular weight is 975 g/mol. The van der Waals surface area contributed by atoms with Crippen LogP contribution >= 0.6 is 0 Å². The van der Waals surface area contributed by atoms with Crippen molar-refractivity contribution < 1.29 is 81.0 Å². The van der Waals surface area contributed by atoms with Crippen LogP contribution in [0, 0.1) is 70.5 Å². The summed E-state index contributed by atoms with van der Waals surface area (Å²) in [7, 11) is 0. The van der Waals surface area contributed by atoms with Crippen molar-refractivity contribution >= 4 is 47.8 Å². The third-order valence-corrected chi connectivity index (χ3v) is 17.5. The van der Waals surface area contributed by atoms with Crippen LogP contribution in [-0.2, 0) is 81.0 Å². The van der Waals surface area contributed by atoms with Crippen molar-refractivity contribution in [1.29, 1.82) is 0 Å². The van der Waals surface area contributed by atoms with Gasteiger partial charge in [-0.15, -0.1) is 0 Å². The van der Waals surface area contributed by atoms with E-state index in [1.165, 1.54) is 0 Å². The number of carbonyl (C=O) groups excluding carboxylic acids is 8. The van der Waals surface area contributed by atoms with Gasteiger partial charge in [-0.2, -0.15) is 0 Å². The lowest BCUT2D eigenvalue weighted by atomic mass is 9.58. The van der Waals surface area contributed by atoms with Gasteiger partial charge in [0.05, 0.1) is 50.1 Å². The second kappa shape index (κ2) is 19.4. The molecule has 14 rings (SSSR count). The first kappa shape index (κ1) is 49.7. The lowest BCUT2D eigenvalue weighted by Crippen LogP contribution is -2.50. The zero-order valence-corrected chi connectivity index (χ0v) is 40.6. The third-order valence-electron chi connectivity index (χ3n) is 17.5. The predicted molar refractivity (Wildman–Crippen MR) is 242 cm³/mol. The van der Waals surface area contributed by atoms with Gasteiger partial charge in [0.15, 0.2) is 0 Å². The van der Waals surface area contributed by atoms with Crippen LogP contribution in [-0.4, -0.2) is 110 Å². The Bertz CT molecular complexity index is 2260. The van der Waals surface area contributed by atoms with Gasteiger partial charge in [0, 0.05) is 63.7 Å². The number of carbonyl (C=O) groups is 8. The standard InChI is InChI=1S/2C14H18O4.C13H16O4.C12H14O5/c1-8(2)13(16)18-11-4-10-3-9(11)5-14(10)6-12(15)17-7-14;1-7(2)13(15)18-11-5-8-3-4-9(11)10-6-17-14(16)12(8)10;1-6(2)12(14)16-10-7-3-4-8-9(5-7)13(15)17-11(8)10;1-5(2)11(13)17-8-3-7-9-6(10(8)16-7)4-15-12(9)14/h9-11H,1,3-7H2,2H3;8-12H,1,3-6H2,2H3;7-11H,1,3-5H2,2H3;6-10H,1,3-4H2,2H3. The first-order chi connectivity index (χ1) is 33.2. The quantitative estimate of drug-likeness (QED) is 0.169. The molecular formula is C53H66O17. The molecule has 17 heteroatoms. The fourth-order valence-corrected chi connectivity index (χ4v) is 14.2. The van der Waals surface area contributed by atoms with E-state index in [0.29, 0.717) is 72.7 Å². The summed E-state index contributed by atoms with van der Waals surface area (Å²) < 4.78 is 48.2. The van der Waals surface area contributed by atoms with Crippen LogP contribution in [0.5, 0.6) is 0 Å². The Morgan fingerprint density at radius 3 is 1.74 bits per heavy atom. The Morgan fingerprint density at radius 1 is 0.543 bits per heavy atom. The predicted octanol–water partition coefficient (Wildman–Crippen LogP) is 5.41. The molecule has 0 aromatic carbocycles. The van der Waals surface area contributed by atoms with E-state index in [-0.39, 0.29) is 137 Å². The summed E-state index contributed by atoms with van der Waals surface area (Å²) in [5.41, 5.74) is 1.71. The van der Waals surface area contributed by atoms with Crippen LogP contribution < -0.4 is 0 Å². The maximum absolute atomic E-state index is 11.7. The minimum absolute atomic E-state index is 0.0144. The molecule has 17 nitrogen and oxygen atoms in total. The molecule has 8 aliphatic carbocycles. The number of ether oxygens (including phenoxy) is 9. The van der Waals surface area contributed by atoms with E-state index in [1.807, 2.05) is 0 Å². The minimum Gasteiger partial charge on any atom is -0.465 e. The number of hydrogen-bond acceptors (Lipinski definition) is 17. The molecule has 10 bridgehead atoms. The maximum Gasteiger partial charge on any atom is 0.333 e. The molecule has 6 heterocycles. The van der Waals surface area contributed by atoms with Crippen LogP contribution in [0.3, 0.4) is 0 Å². The van der Waals surface area contributed by atoms with Crippen molar-refractivity contribution in [2.24, 2.45) is 70.5 Å². The highest BCUT2D eigenvalue weighted by molar-refractivity contribution is 5.88. The van der Waals surface area contributed by atoms with Gasteiger partial charge < -0.3 is 42.6 Å². The Balaban J connectivity index is 0.000000116. The molecule has 0 amide bonds. The maximum atomic E-state index is 11.7. The van der Waals surface area contributed by atoms with Crippen molar-refractivity contribution in [3.05, 3.63) is 48.6 Å². The fourth-order valence-electron chi connectivity index (χ4n) is 14.2. The summed E-state index contributed by atoms with van der Waals surface area (Å²) in [6, 6.07) is 0. The third kappa shape index (κ3) is 9.24. The van der Waals surface area contributed by atoms with Crippen molar-refractivity contribution in [1.82, 2.24) is 0 Å². The molecule has 6 saturated heterocycles. The molecule has 19 atom stereocenters. The highest BCUT2D eigenvalue weighted by atomic mass is 16.6. The van der Waals surface area contributed by atoms with Gasteiger partial charge in [0.2, 0.25) is 0 Å². The van der Waals surface area contributed by atoms with E-state index in [0.717, 1.165) is 57.8 Å². The van der Waals surface area contributed by atoms with Gasteiger partial charge in [0.1, 0.15) is 36.6 Å². The van der Waals surface area contributed by atoms with Crippen LogP contribution in [0.1, 0.15) is 98.3 Å². The largest absolute Gasteiger partial charge is 0.465 e. The molecule has 1 spiro atoms. The van der Waals surface area contributed by atoms with Gasteiger partial charge >= 0.3 is 47.8 Å². The smallest absolute Gasteiger partial charge is 0.333 e. The summed E-state index contributed by atoms with van der Waals surface area (Å²) in [5, 5.41) is 0. The van der Waals surface area contributed by atoms with E-state index in [4.69, 9.17) is 42.6 Å². The zero-order chi connectivity index (χ0) is 50.1. The minimum atomic E-state index is -0.395. The van der Waals surface area contributed by atoms with E-state index < -0.39 is 5.97 Å². The lowest BCUT2D eigenvalue weighted by molar-refractivity contribution is -0.168. The summed E-state index contributed by atoms with van der Waals surface area (Å²) in [6.07, 6.45) is 8.69. The van der Waals surface area contributed by atoms with Crippen LogP contribution in [0.2, 0.25) is 0 Å². The number of cyclic esters (lactones) is 3. The van der Waals surface area contributed by atoms with Gasteiger partial charge in [-0.3, -0.25) is 19.2 Å². The topological polar surface area (TPSA) is 220 Å². The Hall–Kier alpha value is -5.32. The number of hydrogen-bond donors (Lipinski definition) is 0. The molecule has 380 valence electrons. The van der Waals surface area contributed by atoms with Crippen molar-refractivity contribution in [2.75, 3.05) is 19.8 Å². The highest BCUT2D eigenvalue weighted by Crippen LogP contribution is 2.60. The molecule has 14 aliphatic rings. The fraction of sp³-hybridized carbons (Fsp3) is 0.698. The molecule has 8 saturated carbocycles. The molecule has 0 N–H and O–H groups in total. The van der Waals surface area contributed by atoms with E-state index in [1.54, 1.807) is 27.7 Å². The molecular weight excluding hydrogens is 909 g/mol. The Kier molecular flexibility index (Phi) is 13.7. The monoisotopic (exact) mass is 974 g/mol. The summed E-state index contributed by atoms with van der Waals surface area (Å²) in [4.78, 5) is 92.3. The Labute approximate surface area is 407 Å². The first-order valence-corrected chi connectivity index (χ1v) is 25.0. The van der Waals surface area contributed by atoms with Crippen LogP contribution in [0.15, 0.2) is 48.6 Å². The van der Waals surface area contributed by atoms with Gasteiger partial charge in [-0.05, 0) is 103 Å². The summed E-state index contributed by atoms with van der Waals surface area (Å²) >= 11 is 0. The second-order valence-corrected chi connectivity index (χ2v) is 22.2. The second-order valence-electron chi connectivity index (χ2n) is 22.2. The van der Waals surface area contributed by atoms with E-state index >= 15 is 0 Å². The summed E-state index contributed by atoms with van der Waals surface area (Å²) in [6.45, 7) is 22.4. The average Bonchev–Trinajstić information content (AvgIpc) is 4.22. The Morgan fingerprint density at radius 2 is 1.13 bits per heavy atom. The molecule has 0 radical (unpaired) electrons.